The summed E-state index contributed by atoms with van der Waals surface area (Å²) in [6.45, 7) is 3.34. The summed E-state index contributed by atoms with van der Waals surface area (Å²) < 4.78 is 0. The monoisotopic (exact) mass is 263 g/mol. The fourth-order valence-corrected chi connectivity index (χ4v) is 2.74. The summed E-state index contributed by atoms with van der Waals surface area (Å²) in [6, 6.07) is 6.54. The van der Waals surface area contributed by atoms with E-state index in [0.29, 0.717) is 11.0 Å². The third-order valence-corrected chi connectivity index (χ3v) is 3.84. The van der Waals surface area contributed by atoms with Gasteiger partial charge in [-0.3, -0.25) is 0 Å². The first-order chi connectivity index (χ1) is 8.72. The molecule has 1 saturated heterocycles. The summed E-state index contributed by atoms with van der Waals surface area (Å²) in [4.78, 5) is 7.40. The molecule has 2 heterocycles. The SMILES string of the molecule is CCC1CCCCCN1c1cccc(C(N)=S)n1. The zero-order valence-electron chi connectivity index (χ0n) is 10.9. The van der Waals surface area contributed by atoms with Crippen LogP contribution in [0.5, 0.6) is 0 Å². The smallest absolute Gasteiger partial charge is 0.129 e. The van der Waals surface area contributed by atoms with Gasteiger partial charge < -0.3 is 10.6 Å². The summed E-state index contributed by atoms with van der Waals surface area (Å²) in [6.07, 6.45) is 6.32. The van der Waals surface area contributed by atoms with Gasteiger partial charge in [0, 0.05) is 12.6 Å². The average molecular weight is 263 g/mol. The van der Waals surface area contributed by atoms with E-state index in [-0.39, 0.29) is 0 Å². The number of nitrogens with zero attached hydrogens (tertiary/aromatic N) is 2. The van der Waals surface area contributed by atoms with Crippen molar-refractivity contribution in [1.82, 2.24) is 4.98 Å². The molecule has 0 bridgehead atoms. The van der Waals surface area contributed by atoms with Gasteiger partial charge in [0.1, 0.15) is 10.8 Å². The van der Waals surface area contributed by atoms with Crippen LogP contribution in [-0.4, -0.2) is 22.6 Å². The predicted molar refractivity (Wildman–Crippen MR) is 80.0 cm³/mol. The molecular weight excluding hydrogens is 242 g/mol. The van der Waals surface area contributed by atoms with Gasteiger partial charge in [-0.1, -0.05) is 38.0 Å². The Balaban J connectivity index is 2.26. The average Bonchev–Trinajstić information content (AvgIpc) is 2.63. The van der Waals surface area contributed by atoms with Gasteiger partial charge in [-0.2, -0.15) is 0 Å². The van der Waals surface area contributed by atoms with Crippen LogP contribution < -0.4 is 10.6 Å². The largest absolute Gasteiger partial charge is 0.388 e. The Hall–Kier alpha value is -1.16. The highest BCUT2D eigenvalue weighted by atomic mass is 32.1. The maximum absolute atomic E-state index is 5.66. The van der Waals surface area contributed by atoms with Crippen molar-refractivity contribution in [3.05, 3.63) is 23.9 Å². The number of pyridine rings is 1. The van der Waals surface area contributed by atoms with Gasteiger partial charge in [0.15, 0.2) is 0 Å². The Bertz CT molecular complexity index is 419. The number of nitrogens with two attached hydrogens (primary N) is 1. The standard InChI is InChI=1S/C14H21N3S/c1-2-11-7-4-3-5-10-17(11)13-9-6-8-12(16-13)14(15)18/h6,8-9,11H,2-5,7,10H2,1H3,(H2,15,18). The van der Waals surface area contributed by atoms with E-state index >= 15 is 0 Å². The van der Waals surface area contributed by atoms with E-state index in [0.717, 1.165) is 18.1 Å². The molecule has 1 aliphatic rings. The first kappa shape index (κ1) is 13.3. The molecule has 1 fully saturated rings. The topological polar surface area (TPSA) is 42.1 Å². The maximum Gasteiger partial charge on any atom is 0.129 e. The van der Waals surface area contributed by atoms with Gasteiger partial charge in [0.2, 0.25) is 0 Å². The molecule has 4 heteroatoms. The van der Waals surface area contributed by atoms with Gasteiger partial charge in [-0.15, -0.1) is 0 Å². The molecule has 0 spiro atoms. The summed E-state index contributed by atoms with van der Waals surface area (Å²) >= 11 is 5.00. The minimum atomic E-state index is 0.375. The molecule has 2 rings (SSSR count). The van der Waals surface area contributed by atoms with Gasteiger partial charge in [-0.25, -0.2) is 4.98 Å². The van der Waals surface area contributed by atoms with E-state index in [4.69, 9.17) is 18.0 Å². The van der Waals surface area contributed by atoms with Crippen LogP contribution in [0.3, 0.4) is 0 Å². The lowest BCUT2D eigenvalue weighted by molar-refractivity contribution is 0.552. The molecule has 18 heavy (non-hydrogen) atoms. The number of aromatic nitrogens is 1. The number of hydrogen-bond acceptors (Lipinski definition) is 3. The van der Waals surface area contributed by atoms with Crippen LogP contribution in [0.15, 0.2) is 18.2 Å². The van der Waals surface area contributed by atoms with Crippen LogP contribution in [-0.2, 0) is 0 Å². The number of hydrogen-bond donors (Lipinski definition) is 1. The summed E-state index contributed by atoms with van der Waals surface area (Å²) in [5, 5.41) is 0. The fourth-order valence-electron chi connectivity index (χ4n) is 2.62. The Morgan fingerprint density at radius 1 is 1.44 bits per heavy atom. The van der Waals surface area contributed by atoms with Crippen LogP contribution in [0.4, 0.5) is 5.82 Å². The number of anilines is 1. The van der Waals surface area contributed by atoms with Crippen LogP contribution in [0.25, 0.3) is 0 Å². The van der Waals surface area contributed by atoms with E-state index in [1.807, 2.05) is 12.1 Å². The molecule has 0 saturated carbocycles. The molecule has 1 aliphatic heterocycles. The second-order valence-corrected chi connectivity index (χ2v) is 5.29. The molecular formula is C14H21N3S. The minimum Gasteiger partial charge on any atom is -0.388 e. The van der Waals surface area contributed by atoms with E-state index in [1.54, 1.807) is 0 Å². The molecule has 1 unspecified atom stereocenters. The van der Waals surface area contributed by atoms with Gasteiger partial charge in [0.05, 0.1) is 5.69 Å². The third kappa shape index (κ3) is 2.99. The number of rotatable bonds is 3. The van der Waals surface area contributed by atoms with Gasteiger partial charge >= 0.3 is 0 Å². The van der Waals surface area contributed by atoms with Crippen LogP contribution in [0, 0.1) is 0 Å². The molecule has 0 radical (unpaired) electrons. The molecule has 1 aromatic rings. The molecule has 3 nitrogen and oxygen atoms in total. The van der Waals surface area contributed by atoms with Gasteiger partial charge in [-0.05, 0) is 31.4 Å². The second-order valence-electron chi connectivity index (χ2n) is 4.85. The van der Waals surface area contributed by atoms with E-state index in [2.05, 4.69) is 22.9 Å². The van der Waals surface area contributed by atoms with Gasteiger partial charge in [0.25, 0.3) is 0 Å². The Morgan fingerprint density at radius 2 is 2.28 bits per heavy atom. The van der Waals surface area contributed by atoms with Crippen molar-refractivity contribution < 1.29 is 0 Å². The highest BCUT2D eigenvalue weighted by Gasteiger charge is 2.20. The van der Waals surface area contributed by atoms with Crippen molar-refractivity contribution in [2.45, 2.75) is 45.1 Å². The summed E-state index contributed by atoms with van der Waals surface area (Å²) in [5.41, 5.74) is 6.38. The molecule has 0 aromatic carbocycles. The van der Waals surface area contributed by atoms with Crippen LogP contribution in [0.1, 0.15) is 44.7 Å². The van der Waals surface area contributed by atoms with E-state index in [9.17, 15) is 0 Å². The first-order valence-corrected chi connectivity index (χ1v) is 7.16. The van der Waals surface area contributed by atoms with Crippen molar-refractivity contribution >= 4 is 23.0 Å². The lowest BCUT2D eigenvalue weighted by Gasteiger charge is -2.30. The van der Waals surface area contributed by atoms with E-state index < -0.39 is 0 Å². The lowest BCUT2D eigenvalue weighted by Crippen LogP contribution is -2.35. The highest BCUT2D eigenvalue weighted by molar-refractivity contribution is 7.80. The van der Waals surface area contributed by atoms with Crippen molar-refractivity contribution in [2.75, 3.05) is 11.4 Å². The lowest BCUT2D eigenvalue weighted by atomic mass is 10.1. The van der Waals surface area contributed by atoms with Crippen LogP contribution in [0.2, 0.25) is 0 Å². The highest BCUT2D eigenvalue weighted by Crippen LogP contribution is 2.24. The quantitative estimate of drug-likeness (QED) is 0.852. The van der Waals surface area contributed by atoms with Crippen molar-refractivity contribution in [3.8, 4) is 0 Å². The van der Waals surface area contributed by atoms with Crippen molar-refractivity contribution in [1.29, 1.82) is 0 Å². The predicted octanol–water partition coefficient (Wildman–Crippen LogP) is 2.87. The Morgan fingerprint density at radius 3 is 3.00 bits per heavy atom. The fraction of sp³-hybridized carbons (Fsp3) is 0.571. The molecule has 1 atom stereocenters. The molecule has 98 valence electrons. The zero-order chi connectivity index (χ0) is 13.0. The Labute approximate surface area is 114 Å². The number of thiocarbonyl (C=S) groups is 1. The molecule has 0 aliphatic carbocycles. The molecule has 0 amide bonds. The van der Waals surface area contributed by atoms with Crippen molar-refractivity contribution in [3.63, 3.8) is 0 Å². The van der Waals surface area contributed by atoms with E-state index in [1.165, 1.54) is 32.1 Å². The van der Waals surface area contributed by atoms with Crippen molar-refractivity contribution in [2.24, 2.45) is 5.73 Å². The maximum atomic E-state index is 5.66. The zero-order valence-corrected chi connectivity index (χ0v) is 11.7. The summed E-state index contributed by atoms with van der Waals surface area (Å²) in [7, 11) is 0. The molecule has 2 N–H and O–H groups in total. The molecule has 1 aromatic heterocycles. The minimum absolute atomic E-state index is 0.375. The third-order valence-electron chi connectivity index (χ3n) is 3.63. The summed E-state index contributed by atoms with van der Waals surface area (Å²) in [5.74, 6) is 1.02. The van der Waals surface area contributed by atoms with Crippen LogP contribution >= 0.6 is 12.2 Å². The second kappa shape index (κ2) is 6.14. The normalized spacial score (nSPS) is 20.5. The Kier molecular flexibility index (Phi) is 4.53. The first-order valence-electron chi connectivity index (χ1n) is 6.76.